The predicted molar refractivity (Wildman–Crippen MR) is 79.1 cm³/mol. The van der Waals surface area contributed by atoms with Crippen molar-refractivity contribution in [2.75, 3.05) is 7.05 Å². The van der Waals surface area contributed by atoms with Crippen molar-refractivity contribution in [1.29, 1.82) is 0 Å². The minimum Gasteiger partial charge on any atom is -0.386 e. The summed E-state index contributed by atoms with van der Waals surface area (Å²) in [5.74, 6) is 0. The van der Waals surface area contributed by atoms with Crippen LogP contribution in [0.3, 0.4) is 0 Å². The Kier molecular flexibility index (Phi) is 4.97. The number of benzene rings is 1. The molecule has 2 rings (SSSR count). The Hall–Kier alpha value is -1.35. The SMILES string of the molecule is C[C@H]([C@H](O)c1ccccc1)N(C)N=C1CCCCC1. The van der Waals surface area contributed by atoms with E-state index in [0.29, 0.717) is 0 Å². The summed E-state index contributed by atoms with van der Waals surface area (Å²) in [4.78, 5) is 0. The Labute approximate surface area is 115 Å². The molecule has 0 amide bonds. The number of hydrogen-bond donors (Lipinski definition) is 1. The largest absolute Gasteiger partial charge is 0.386 e. The fraction of sp³-hybridized carbons (Fsp3) is 0.562. The molecule has 0 aliphatic heterocycles. The summed E-state index contributed by atoms with van der Waals surface area (Å²) in [5, 5.41) is 17.0. The lowest BCUT2D eigenvalue weighted by Crippen LogP contribution is -2.31. The highest BCUT2D eigenvalue weighted by Crippen LogP contribution is 2.21. The van der Waals surface area contributed by atoms with Crippen LogP contribution in [0.4, 0.5) is 0 Å². The van der Waals surface area contributed by atoms with E-state index < -0.39 is 6.10 Å². The molecule has 19 heavy (non-hydrogen) atoms. The molecule has 0 saturated heterocycles. The van der Waals surface area contributed by atoms with Crippen LogP contribution in [-0.2, 0) is 0 Å². The summed E-state index contributed by atoms with van der Waals surface area (Å²) in [6, 6.07) is 9.78. The number of likely N-dealkylation sites (N-methyl/N-ethyl adjacent to an activating group) is 1. The molecule has 1 fully saturated rings. The Bertz CT molecular complexity index is 408. The molecule has 0 heterocycles. The molecule has 0 bridgehead atoms. The number of hydrazone groups is 1. The normalized spacial score (nSPS) is 18.8. The third-order valence-corrected chi connectivity index (χ3v) is 3.92. The average molecular weight is 260 g/mol. The summed E-state index contributed by atoms with van der Waals surface area (Å²) in [6.07, 6.45) is 5.55. The van der Waals surface area contributed by atoms with E-state index in [0.717, 1.165) is 18.4 Å². The Morgan fingerprint density at radius 1 is 1.11 bits per heavy atom. The molecule has 1 saturated carbocycles. The Balaban J connectivity index is 2.00. The molecular weight excluding hydrogens is 236 g/mol. The molecule has 104 valence electrons. The summed E-state index contributed by atoms with van der Waals surface area (Å²) in [5.41, 5.74) is 2.23. The van der Waals surface area contributed by atoms with E-state index >= 15 is 0 Å². The van der Waals surface area contributed by atoms with Crippen LogP contribution < -0.4 is 0 Å². The van der Waals surface area contributed by atoms with Crippen molar-refractivity contribution in [2.45, 2.75) is 51.2 Å². The van der Waals surface area contributed by atoms with Gasteiger partial charge < -0.3 is 5.11 Å². The molecule has 0 spiro atoms. The number of hydrogen-bond acceptors (Lipinski definition) is 3. The van der Waals surface area contributed by atoms with Crippen LogP contribution in [0.5, 0.6) is 0 Å². The standard InChI is InChI=1S/C16H24N2O/c1-13(16(19)14-9-5-3-6-10-14)18(2)17-15-11-7-4-8-12-15/h3,5-6,9-10,13,16,19H,4,7-8,11-12H2,1-2H3/t13-,16+/m1/s1. The quantitative estimate of drug-likeness (QED) is 0.843. The van der Waals surface area contributed by atoms with Crippen molar-refractivity contribution in [1.82, 2.24) is 5.01 Å². The zero-order valence-electron chi connectivity index (χ0n) is 11.9. The van der Waals surface area contributed by atoms with Gasteiger partial charge in [0.2, 0.25) is 0 Å². The molecule has 3 heteroatoms. The second-order valence-electron chi connectivity index (χ2n) is 5.40. The highest BCUT2D eigenvalue weighted by atomic mass is 16.3. The predicted octanol–water partition coefficient (Wildman–Crippen LogP) is 3.36. The van der Waals surface area contributed by atoms with Gasteiger partial charge in [-0.1, -0.05) is 36.8 Å². The Morgan fingerprint density at radius 3 is 2.37 bits per heavy atom. The molecule has 1 aliphatic carbocycles. The maximum Gasteiger partial charge on any atom is 0.101 e. The monoisotopic (exact) mass is 260 g/mol. The van der Waals surface area contributed by atoms with E-state index in [4.69, 9.17) is 0 Å². The van der Waals surface area contributed by atoms with Crippen LogP contribution in [0, 0.1) is 0 Å². The van der Waals surface area contributed by atoms with Crippen molar-refractivity contribution < 1.29 is 5.11 Å². The fourth-order valence-electron chi connectivity index (χ4n) is 2.51. The molecule has 1 aliphatic rings. The van der Waals surface area contributed by atoms with E-state index in [1.807, 2.05) is 49.3 Å². The van der Waals surface area contributed by atoms with Gasteiger partial charge in [-0.05, 0) is 38.2 Å². The first-order chi connectivity index (χ1) is 9.18. The van der Waals surface area contributed by atoms with Gasteiger partial charge in [0.1, 0.15) is 6.10 Å². The summed E-state index contributed by atoms with van der Waals surface area (Å²) >= 11 is 0. The lowest BCUT2D eigenvalue weighted by atomic mass is 9.99. The smallest absolute Gasteiger partial charge is 0.101 e. The number of nitrogens with zero attached hydrogens (tertiary/aromatic N) is 2. The van der Waals surface area contributed by atoms with Crippen LogP contribution in [0.2, 0.25) is 0 Å². The van der Waals surface area contributed by atoms with Crippen LogP contribution in [-0.4, -0.2) is 28.9 Å². The molecule has 0 radical (unpaired) electrons. The number of rotatable bonds is 4. The molecular formula is C16H24N2O. The lowest BCUT2D eigenvalue weighted by Gasteiger charge is -2.28. The van der Waals surface area contributed by atoms with Gasteiger partial charge in [0.05, 0.1) is 6.04 Å². The van der Waals surface area contributed by atoms with Gasteiger partial charge in [-0.3, -0.25) is 5.01 Å². The van der Waals surface area contributed by atoms with E-state index in [9.17, 15) is 5.11 Å². The minimum atomic E-state index is -0.501. The van der Waals surface area contributed by atoms with Crippen molar-refractivity contribution in [3.8, 4) is 0 Å². The maximum atomic E-state index is 10.4. The van der Waals surface area contributed by atoms with E-state index in [1.54, 1.807) is 0 Å². The minimum absolute atomic E-state index is 0.0168. The molecule has 1 aromatic carbocycles. The fourth-order valence-corrected chi connectivity index (χ4v) is 2.51. The number of aliphatic hydroxyl groups is 1. The summed E-state index contributed by atoms with van der Waals surface area (Å²) in [7, 11) is 1.96. The van der Waals surface area contributed by atoms with E-state index in [2.05, 4.69) is 5.10 Å². The van der Waals surface area contributed by atoms with Crippen LogP contribution in [0.1, 0.15) is 50.7 Å². The average Bonchev–Trinajstić information content (AvgIpc) is 2.47. The lowest BCUT2D eigenvalue weighted by molar-refractivity contribution is 0.0741. The van der Waals surface area contributed by atoms with Gasteiger partial charge in [-0.2, -0.15) is 5.10 Å². The van der Waals surface area contributed by atoms with Crippen molar-refractivity contribution >= 4 is 5.71 Å². The van der Waals surface area contributed by atoms with Gasteiger partial charge in [-0.15, -0.1) is 0 Å². The van der Waals surface area contributed by atoms with Crippen molar-refractivity contribution in [3.63, 3.8) is 0 Å². The van der Waals surface area contributed by atoms with E-state index in [1.165, 1.54) is 25.0 Å². The molecule has 3 nitrogen and oxygen atoms in total. The second-order valence-corrected chi connectivity index (χ2v) is 5.40. The Morgan fingerprint density at radius 2 is 1.74 bits per heavy atom. The third kappa shape index (κ3) is 3.80. The topological polar surface area (TPSA) is 35.8 Å². The molecule has 0 aromatic heterocycles. The van der Waals surface area contributed by atoms with Gasteiger partial charge in [0, 0.05) is 12.8 Å². The number of aliphatic hydroxyl groups excluding tert-OH is 1. The highest BCUT2D eigenvalue weighted by Gasteiger charge is 2.20. The zero-order chi connectivity index (χ0) is 13.7. The first-order valence-corrected chi connectivity index (χ1v) is 7.20. The van der Waals surface area contributed by atoms with Crippen LogP contribution in [0.25, 0.3) is 0 Å². The van der Waals surface area contributed by atoms with Gasteiger partial charge >= 0.3 is 0 Å². The summed E-state index contributed by atoms with van der Waals surface area (Å²) < 4.78 is 0. The third-order valence-electron chi connectivity index (χ3n) is 3.92. The van der Waals surface area contributed by atoms with Gasteiger partial charge in [0.25, 0.3) is 0 Å². The highest BCUT2D eigenvalue weighted by molar-refractivity contribution is 5.84. The van der Waals surface area contributed by atoms with Gasteiger partial charge in [0.15, 0.2) is 0 Å². The molecule has 1 N–H and O–H groups in total. The van der Waals surface area contributed by atoms with Crippen molar-refractivity contribution in [2.24, 2.45) is 5.10 Å². The zero-order valence-corrected chi connectivity index (χ0v) is 11.9. The maximum absolute atomic E-state index is 10.4. The van der Waals surface area contributed by atoms with Gasteiger partial charge in [-0.25, -0.2) is 0 Å². The van der Waals surface area contributed by atoms with Crippen LogP contribution in [0.15, 0.2) is 35.4 Å². The van der Waals surface area contributed by atoms with Crippen molar-refractivity contribution in [3.05, 3.63) is 35.9 Å². The molecule has 2 atom stereocenters. The summed E-state index contributed by atoms with van der Waals surface area (Å²) in [6.45, 7) is 2.02. The van der Waals surface area contributed by atoms with E-state index in [-0.39, 0.29) is 6.04 Å². The second kappa shape index (κ2) is 6.71. The molecule has 1 aromatic rings. The first-order valence-electron chi connectivity index (χ1n) is 7.20. The first kappa shape index (κ1) is 14.1. The van der Waals surface area contributed by atoms with Crippen LogP contribution >= 0.6 is 0 Å². The molecule has 0 unspecified atom stereocenters.